The lowest BCUT2D eigenvalue weighted by Crippen LogP contribution is -2.57. The Bertz CT molecular complexity index is 1500. The lowest BCUT2D eigenvalue weighted by atomic mass is 10.0. The quantitative estimate of drug-likeness (QED) is 0.326. The fourth-order valence-corrected chi connectivity index (χ4v) is 5.70. The fraction of sp³-hybridized carbons (Fsp3) is 0.500. The summed E-state index contributed by atoms with van der Waals surface area (Å²) in [6.45, 7) is 6.24. The summed E-state index contributed by atoms with van der Waals surface area (Å²) in [5.41, 5.74) is 1.85. The summed E-state index contributed by atoms with van der Waals surface area (Å²) < 4.78 is 23.4. The monoisotopic (exact) mass is 669 g/mol. The average Bonchev–Trinajstić information content (AvgIpc) is 3.01. The highest BCUT2D eigenvalue weighted by atomic mass is 32.2. The van der Waals surface area contributed by atoms with E-state index in [1.807, 2.05) is 44.2 Å². The molecule has 47 heavy (non-hydrogen) atoms. The Labute approximate surface area is 277 Å². The van der Waals surface area contributed by atoms with Crippen LogP contribution in [0.3, 0.4) is 0 Å². The van der Waals surface area contributed by atoms with Gasteiger partial charge in [0, 0.05) is 44.3 Å². The highest BCUT2D eigenvalue weighted by Crippen LogP contribution is 2.13. The number of carbonyl (C=O) groups excluding carboxylic acids is 5. The zero-order valence-electron chi connectivity index (χ0n) is 27.6. The van der Waals surface area contributed by atoms with Crippen molar-refractivity contribution in [1.82, 2.24) is 26.2 Å². The molecule has 256 valence electrons. The largest absolute Gasteiger partial charge is 0.354 e. The van der Waals surface area contributed by atoms with Gasteiger partial charge in [0.15, 0.2) is 0 Å². The van der Waals surface area contributed by atoms with Crippen LogP contribution in [-0.2, 0) is 42.0 Å². The molecule has 2 aromatic carbocycles. The molecule has 0 aromatic heterocycles. The van der Waals surface area contributed by atoms with Crippen LogP contribution in [0.1, 0.15) is 67.9 Å². The molecule has 2 aromatic rings. The molecule has 0 spiro atoms. The van der Waals surface area contributed by atoms with Gasteiger partial charge in [0.25, 0.3) is 5.91 Å². The molecule has 0 saturated heterocycles. The second kappa shape index (κ2) is 17.6. The number of sulfone groups is 1. The van der Waals surface area contributed by atoms with Gasteiger partial charge in [0.1, 0.15) is 28.0 Å². The molecule has 2 aliphatic heterocycles. The van der Waals surface area contributed by atoms with E-state index in [1.165, 1.54) is 0 Å². The molecular formula is C34H47N5O7S. The third-order valence-electron chi connectivity index (χ3n) is 7.78. The first-order valence-electron chi connectivity index (χ1n) is 16.0. The van der Waals surface area contributed by atoms with Gasteiger partial charge in [0.2, 0.25) is 23.6 Å². The molecule has 2 heterocycles. The van der Waals surface area contributed by atoms with Crippen molar-refractivity contribution in [1.29, 1.82) is 0 Å². The van der Waals surface area contributed by atoms with Crippen molar-refractivity contribution in [3.05, 3.63) is 71.3 Å². The number of benzene rings is 2. The van der Waals surface area contributed by atoms with Gasteiger partial charge in [-0.2, -0.15) is 0 Å². The first-order chi connectivity index (χ1) is 22.2. The van der Waals surface area contributed by atoms with Crippen molar-refractivity contribution >= 4 is 39.4 Å². The Morgan fingerprint density at radius 2 is 1.53 bits per heavy atom. The van der Waals surface area contributed by atoms with Gasteiger partial charge in [-0.05, 0) is 55.4 Å². The molecule has 2 aliphatic rings. The molecule has 4 rings (SSSR count). The number of fused-ring (bicyclic) bond motifs is 18. The van der Waals surface area contributed by atoms with Crippen LogP contribution in [0.5, 0.6) is 0 Å². The van der Waals surface area contributed by atoms with E-state index in [0.29, 0.717) is 37.9 Å². The number of carbonyl (C=O) groups is 5. The minimum atomic E-state index is -3.34. The first-order valence-corrected chi connectivity index (χ1v) is 18.1. The van der Waals surface area contributed by atoms with Gasteiger partial charge >= 0.3 is 0 Å². The van der Waals surface area contributed by atoms with E-state index in [2.05, 4.69) is 21.3 Å². The van der Waals surface area contributed by atoms with Crippen LogP contribution in [-0.4, -0.2) is 86.1 Å². The van der Waals surface area contributed by atoms with Crippen molar-refractivity contribution in [3.8, 4) is 0 Å². The molecule has 0 radical (unpaired) electrons. The van der Waals surface area contributed by atoms with Gasteiger partial charge in [-0.25, -0.2) is 8.42 Å². The smallest absolute Gasteiger partial charge is 0.251 e. The number of hydrogen-bond donors (Lipinski definition) is 4. The molecule has 0 aliphatic carbocycles. The lowest BCUT2D eigenvalue weighted by molar-refractivity contribution is -0.132. The minimum Gasteiger partial charge on any atom is -0.354 e. The predicted octanol–water partition coefficient (Wildman–Crippen LogP) is 1.74. The second-order valence-electron chi connectivity index (χ2n) is 12.5. The number of rotatable bonds is 7. The molecule has 4 N–H and O–H groups in total. The summed E-state index contributed by atoms with van der Waals surface area (Å²) in [7, 11) is -3.34. The third-order valence-corrected chi connectivity index (χ3v) is 8.73. The zero-order chi connectivity index (χ0) is 34.6. The molecule has 0 fully saturated rings. The zero-order valence-corrected chi connectivity index (χ0v) is 28.4. The van der Waals surface area contributed by atoms with Crippen molar-refractivity contribution in [2.45, 2.75) is 77.5 Å². The van der Waals surface area contributed by atoms with E-state index < -0.39 is 51.6 Å². The van der Waals surface area contributed by atoms with E-state index in [1.54, 1.807) is 36.1 Å². The van der Waals surface area contributed by atoms with E-state index in [9.17, 15) is 32.4 Å². The van der Waals surface area contributed by atoms with Crippen LogP contribution >= 0.6 is 0 Å². The molecule has 0 saturated carbocycles. The van der Waals surface area contributed by atoms with E-state index in [-0.39, 0.29) is 37.0 Å². The second-order valence-corrected chi connectivity index (χ2v) is 14.8. The fourth-order valence-electron chi connectivity index (χ4n) is 5.15. The normalized spacial score (nSPS) is 20.9. The molecule has 13 heteroatoms. The van der Waals surface area contributed by atoms with E-state index in [0.717, 1.165) is 17.4 Å². The minimum absolute atomic E-state index is 0.0446. The highest BCUT2D eigenvalue weighted by Gasteiger charge is 2.29. The van der Waals surface area contributed by atoms with Crippen LogP contribution in [0, 0.1) is 5.92 Å². The summed E-state index contributed by atoms with van der Waals surface area (Å²) in [4.78, 5) is 67.8. The predicted molar refractivity (Wildman–Crippen MR) is 179 cm³/mol. The Morgan fingerprint density at radius 3 is 2.17 bits per heavy atom. The Kier molecular flexibility index (Phi) is 13.9. The van der Waals surface area contributed by atoms with Crippen LogP contribution in [0.15, 0.2) is 54.6 Å². The van der Waals surface area contributed by atoms with Gasteiger partial charge in [-0.3, -0.25) is 24.0 Å². The van der Waals surface area contributed by atoms with Crippen LogP contribution in [0.4, 0.5) is 0 Å². The average molecular weight is 670 g/mol. The number of nitrogens with zero attached hydrogens (tertiary/aromatic N) is 1. The van der Waals surface area contributed by atoms with Gasteiger partial charge in [-0.1, -0.05) is 56.3 Å². The summed E-state index contributed by atoms with van der Waals surface area (Å²) in [5, 5.41) is 11.1. The van der Waals surface area contributed by atoms with Crippen molar-refractivity contribution in [2.24, 2.45) is 5.92 Å². The number of nitrogens with one attached hydrogen (secondary N) is 4. The van der Waals surface area contributed by atoms with Gasteiger partial charge < -0.3 is 26.2 Å². The molecule has 5 amide bonds. The lowest BCUT2D eigenvalue weighted by Gasteiger charge is -2.25. The first kappa shape index (κ1) is 37.2. The van der Waals surface area contributed by atoms with Gasteiger partial charge in [0.05, 0.1) is 5.75 Å². The SMILES string of the molecule is CC(C)C[C@@H]1NC(=O)[C@@H](Cc2ccccc2)NC(=O)c2ccc(cc2)CN(C(=O)CCS(C)(=O)=O)CCCCNC(=O)[C@@H](C)NC1=O. The summed E-state index contributed by atoms with van der Waals surface area (Å²) >= 11 is 0. The Morgan fingerprint density at radius 1 is 0.872 bits per heavy atom. The number of amides is 5. The summed E-state index contributed by atoms with van der Waals surface area (Å²) in [5.74, 6) is -2.47. The Hall–Kier alpha value is -4.26. The van der Waals surface area contributed by atoms with Crippen molar-refractivity contribution in [2.75, 3.05) is 25.1 Å². The maximum atomic E-state index is 13.7. The molecule has 3 atom stereocenters. The highest BCUT2D eigenvalue weighted by molar-refractivity contribution is 7.90. The van der Waals surface area contributed by atoms with Crippen molar-refractivity contribution in [3.63, 3.8) is 0 Å². The molecule has 0 unspecified atom stereocenters. The van der Waals surface area contributed by atoms with Crippen LogP contribution < -0.4 is 21.3 Å². The maximum absolute atomic E-state index is 13.7. The van der Waals surface area contributed by atoms with Crippen molar-refractivity contribution < 1.29 is 32.4 Å². The maximum Gasteiger partial charge on any atom is 0.251 e. The van der Waals surface area contributed by atoms with Gasteiger partial charge in [-0.15, -0.1) is 0 Å². The topological polar surface area (TPSA) is 171 Å². The molecular weight excluding hydrogens is 622 g/mol. The van der Waals surface area contributed by atoms with Crippen LogP contribution in [0.25, 0.3) is 0 Å². The summed E-state index contributed by atoms with van der Waals surface area (Å²) in [6.07, 6.45) is 2.50. The third kappa shape index (κ3) is 12.8. The van der Waals surface area contributed by atoms with Crippen LogP contribution in [0.2, 0.25) is 0 Å². The Balaban J connectivity index is 1.91. The van der Waals surface area contributed by atoms with E-state index >= 15 is 0 Å². The van der Waals surface area contributed by atoms with E-state index in [4.69, 9.17) is 0 Å². The standard InChI is InChI=1S/C34H47N5O7S/c1-23(2)20-28-33(43)36-24(3)31(41)35-17-8-9-18-39(30(40)16-19-47(4,45)46)22-26-12-14-27(15-13-26)32(42)37-29(34(44)38-28)21-25-10-6-5-7-11-25/h5-7,10-15,23-24,28-29H,8-9,16-22H2,1-4H3,(H,35,41)(H,36,43)(H,37,42)(H,38,44)/t24-,28+,29-/m1/s1. The molecule has 2 bridgehead atoms. The summed E-state index contributed by atoms with van der Waals surface area (Å²) in [6, 6.07) is 13.0. The molecule has 12 nitrogen and oxygen atoms in total. The number of hydrogen-bond acceptors (Lipinski definition) is 7.